The summed E-state index contributed by atoms with van der Waals surface area (Å²) in [5.74, 6) is -1.76. The van der Waals surface area contributed by atoms with Gasteiger partial charge >= 0.3 is 5.97 Å². The Bertz CT molecular complexity index is 550. The number of halogens is 1. The van der Waals surface area contributed by atoms with Crippen LogP contribution in [0, 0.1) is 12.7 Å². The standard InChI is InChI=1S/C16H20FNO3/c1-11-5-6-12(9-13(11)17)15(21)18-16(10-14(19)20)7-3-2-4-8-16/h5-6,9H,2-4,7-8,10H2,1H3,(H,18,21)(H,19,20). The molecule has 5 heteroatoms. The zero-order valence-electron chi connectivity index (χ0n) is 12.1. The van der Waals surface area contributed by atoms with Crippen molar-refractivity contribution in [1.82, 2.24) is 5.32 Å². The van der Waals surface area contributed by atoms with Crippen LogP contribution in [0.4, 0.5) is 4.39 Å². The highest BCUT2D eigenvalue weighted by Crippen LogP contribution is 2.31. The fourth-order valence-electron chi connectivity index (χ4n) is 2.91. The molecule has 2 rings (SSSR count). The molecule has 1 amide bonds. The van der Waals surface area contributed by atoms with Gasteiger partial charge in [0.15, 0.2) is 0 Å². The van der Waals surface area contributed by atoms with E-state index in [0.717, 1.165) is 19.3 Å². The Morgan fingerprint density at radius 3 is 2.52 bits per heavy atom. The highest BCUT2D eigenvalue weighted by molar-refractivity contribution is 5.95. The van der Waals surface area contributed by atoms with Gasteiger partial charge in [-0.25, -0.2) is 4.39 Å². The van der Waals surface area contributed by atoms with Crippen molar-refractivity contribution in [2.45, 2.75) is 51.0 Å². The number of nitrogens with one attached hydrogen (secondary N) is 1. The fraction of sp³-hybridized carbons (Fsp3) is 0.500. The molecule has 0 spiro atoms. The van der Waals surface area contributed by atoms with Crippen molar-refractivity contribution >= 4 is 11.9 Å². The number of hydrogen-bond acceptors (Lipinski definition) is 2. The summed E-state index contributed by atoms with van der Waals surface area (Å²) in [7, 11) is 0. The van der Waals surface area contributed by atoms with Crippen molar-refractivity contribution in [1.29, 1.82) is 0 Å². The van der Waals surface area contributed by atoms with Crippen LogP contribution in [0.3, 0.4) is 0 Å². The molecule has 1 aromatic carbocycles. The molecule has 0 radical (unpaired) electrons. The van der Waals surface area contributed by atoms with E-state index in [0.29, 0.717) is 18.4 Å². The van der Waals surface area contributed by atoms with Crippen LogP contribution in [0.15, 0.2) is 18.2 Å². The van der Waals surface area contributed by atoms with E-state index < -0.39 is 23.2 Å². The predicted molar refractivity (Wildman–Crippen MR) is 76.7 cm³/mol. The molecular formula is C16H20FNO3. The molecule has 1 aliphatic rings. The normalized spacial score (nSPS) is 17.2. The zero-order valence-corrected chi connectivity index (χ0v) is 12.1. The van der Waals surface area contributed by atoms with Crippen LogP contribution < -0.4 is 5.32 Å². The number of amides is 1. The summed E-state index contributed by atoms with van der Waals surface area (Å²) in [6.07, 6.45) is 4.06. The minimum atomic E-state index is -0.924. The molecule has 1 aromatic rings. The molecule has 114 valence electrons. The number of carboxylic acid groups (broad SMARTS) is 1. The van der Waals surface area contributed by atoms with Gasteiger partial charge in [0, 0.05) is 5.56 Å². The van der Waals surface area contributed by atoms with Gasteiger partial charge in [0.2, 0.25) is 0 Å². The monoisotopic (exact) mass is 293 g/mol. The number of carbonyl (C=O) groups excluding carboxylic acids is 1. The van der Waals surface area contributed by atoms with Gasteiger partial charge in [0.1, 0.15) is 5.82 Å². The maximum absolute atomic E-state index is 13.5. The zero-order chi connectivity index (χ0) is 15.5. The minimum Gasteiger partial charge on any atom is -0.481 e. The Kier molecular flexibility index (Phi) is 4.60. The molecular weight excluding hydrogens is 273 g/mol. The van der Waals surface area contributed by atoms with Crippen LogP contribution in [0.5, 0.6) is 0 Å². The second kappa shape index (κ2) is 6.24. The van der Waals surface area contributed by atoms with Crippen LogP contribution in [0.2, 0.25) is 0 Å². The molecule has 0 heterocycles. The van der Waals surface area contributed by atoms with Crippen LogP contribution in [-0.4, -0.2) is 22.5 Å². The molecule has 21 heavy (non-hydrogen) atoms. The summed E-state index contributed by atoms with van der Waals surface area (Å²) in [5, 5.41) is 11.9. The van der Waals surface area contributed by atoms with E-state index in [9.17, 15) is 14.0 Å². The fourth-order valence-corrected chi connectivity index (χ4v) is 2.91. The number of hydrogen-bond donors (Lipinski definition) is 2. The summed E-state index contributed by atoms with van der Waals surface area (Å²) >= 11 is 0. The van der Waals surface area contributed by atoms with E-state index in [1.807, 2.05) is 0 Å². The molecule has 0 aliphatic heterocycles. The van der Waals surface area contributed by atoms with Gasteiger partial charge in [-0.15, -0.1) is 0 Å². The average Bonchev–Trinajstić information content (AvgIpc) is 2.41. The quantitative estimate of drug-likeness (QED) is 0.896. The van der Waals surface area contributed by atoms with Gasteiger partial charge in [0.25, 0.3) is 5.91 Å². The summed E-state index contributed by atoms with van der Waals surface area (Å²) < 4.78 is 13.5. The van der Waals surface area contributed by atoms with Gasteiger partial charge in [-0.05, 0) is 37.5 Å². The molecule has 4 nitrogen and oxygen atoms in total. The third-order valence-corrected chi connectivity index (χ3v) is 4.11. The largest absolute Gasteiger partial charge is 0.481 e. The van der Waals surface area contributed by atoms with Crippen molar-refractivity contribution in [3.63, 3.8) is 0 Å². The van der Waals surface area contributed by atoms with Gasteiger partial charge in [-0.1, -0.05) is 25.3 Å². The van der Waals surface area contributed by atoms with Crippen molar-refractivity contribution in [3.05, 3.63) is 35.1 Å². The summed E-state index contributed by atoms with van der Waals surface area (Å²) in [5.41, 5.74) is 0.000567. The molecule has 0 bridgehead atoms. The van der Waals surface area contributed by atoms with Crippen molar-refractivity contribution in [2.24, 2.45) is 0 Å². The predicted octanol–water partition coefficient (Wildman–Crippen LogP) is 3.04. The van der Waals surface area contributed by atoms with Crippen molar-refractivity contribution < 1.29 is 19.1 Å². The van der Waals surface area contributed by atoms with E-state index in [2.05, 4.69) is 5.32 Å². The summed E-state index contributed by atoms with van der Waals surface area (Å²) in [6, 6.07) is 4.31. The third-order valence-electron chi connectivity index (χ3n) is 4.11. The molecule has 1 fully saturated rings. The molecule has 1 saturated carbocycles. The number of rotatable bonds is 4. The van der Waals surface area contributed by atoms with Crippen molar-refractivity contribution in [3.8, 4) is 0 Å². The van der Waals surface area contributed by atoms with Crippen molar-refractivity contribution in [2.75, 3.05) is 0 Å². The molecule has 0 unspecified atom stereocenters. The van der Waals surface area contributed by atoms with E-state index in [1.54, 1.807) is 19.1 Å². The van der Waals surface area contributed by atoms with E-state index >= 15 is 0 Å². The number of aryl methyl sites for hydroxylation is 1. The topological polar surface area (TPSA) is 66.4 Å². The lowest BCUT2D eigenvalue weighted by molar-refractivity contribution is -0.139. The number of aliphatic carboxylic acids is 1. The Labute approximate surface area is 123 Å². The maximum atomic E-state index is 13.5. The maximum Gasteiger partial charge on any atom is 0.305 e. The lowest BCUT2D eigenvalue weighted by Crippen LogP contribution is -2.51. The van der Waals surface area contributed by atoms with E-state index in [-0.39, 0.29) is 12.0 Å². The van der Waals surface area contributed by atoms with E-state index in [4.69, 9.17) is 5.11 Å². The van der Waals surface area contributed by atoms with Gasteiger partial charge in [0.05, 0.1) is 12.0 Å². The molecule has 0 saturated heterocycles. The summed E-state index contributed by atoms with van der Waals surface area (Å²) in [4.78, 5) is 23.4. The lowest BCUT2D eigenvalue weighted by Gasteiger charge is -2.37. The van der Waals surface area contributed by atoms with Gasteiger partial charge in [-0.3, -0.25) is 9.59 Å². The van der Waals surface area contributed by atoms with Crippen LogP contribution >= 0.6 is 0 Å². The SMILES string of the molecule is Cc1ccc(C(=O)NC2(CC(=O)O)CCCCC2)cc1F. The Hall–Kier alpha value is -1.91. The number of benzene rings is 1. The van der Waals surface area contributed by atoms with Crippen LogP contribution in [0.25, 0.3) is 0 Å². The Balaban J connectivity index is 2.17. The molecule has 1 aliphatic carbocycles. The van der Waals surface area contributed by atoms with Crippen LogP contribution in [0.1, 0.15) is 54.4 Å². The second-order valence-corrected chi connectivity index (χ2v) is 5.83. The lowest BCUT2D eigenvalue weighted by atomic mass is 9.79. The second-order valence-electron chi connectivity index (χ2n) is 5.83. The van der Waals surface area contributed by atoms with Gasteiger partial charge in [-0.2, -0.15) is 0 Å². The molecule has 0 atom stereocenters. The van der Waals surface area contributed by atoms with E-state index in [1.165, 1.54) is 6.07 Å². The summed E-state index contributed by atoms with van der Waals surface area (Å²) in [6.45, 7) is 1.63. The third kappa shape index (κ3) is 3.80. The first kappa shape index (κ1) is 15.5. The Morgan fingerprint density at radius 2 is 1.95 bits per heavy atom. The first-order valence-electron chi connectivity index (χ1n) is 7.22. The highest BCUT2D eigenvalue weighted by Gasteiger charge is 2.36. The first-order valence-corrected chi connectivity index (χ1v) is 7.22. The molecule has 0 aromatic heterocycles. The first-order chi connectivity index (χ1) is 9.92. The van der Waals surface area contributed by atoms with Gasteiger partial charge < -0.3 is 10.4 Å². The number of carboxylic acids is 1. The smallest absolute Gasteiger partial charge is 0.305 e. The average molecular weight is 293 g/mol. The highest BCUT2D eigenvalue weighted by atomic mass is 19.1. The minimum absolute atomic E-state index is 0.0902. The number of carbonyl (C=O) groups is 2. The Morgan fingerprint density at radius 1 is 1.29 bits per heavy atom. The molecule has 2 N–H and O–H groups in total. The van der Waals surface area contributed by atoms with Crippen LogP contribution in [-0.2, 0) is 4.79 Å².